The molecule has 0 atom stereocenters. The van der Waals surface area contributed by atoms with Crippen molar-refractivity contribution >= 4 is 28.2 Å². The Balaban J connectivity index is 2.14. The van der Waals surface area contributed by atoms with Gasteiger partial charge in [-0.25, -0.2) is 0 Å². The molecule has 0 bridgehead atoms. The van der Waals surface area contributed by atoms with Crippen LogP contribution >= 0.6 is 12.2 Å². The standard InChI is InChI=1S/C15H21N3OS/c1-3-7-18(15(16)20)8-6-11-10-17-14-5-4-12(19-2)9-13(11)14/h4-5,9-10,17H,3,6-8H2,1-2H3,(H2,16,20). The van der Waals surface area contributed by atoms with Gasteiger partial charge in [0, 0.05) is 30.2 Å². The highest BCUT2D eigenvalue weighted by molar-refractivity contribution is 7.80. The number of rotatable bonds is 6. The lowest BCUT2D eigenvalue weighted by Crippen LogP contribution is -2.37. The summed E-state index contributed by atoms with van der Waals surface area (Å²) in [6.07, 6.45) is 4.00. The molecule has 0 fully saturated rings. The predicted molar refractivity (Wildman–Crippen MR) is 87.2 cm³/mol. The third kappa shape index (κ3) is 3.22. The molecule has 5 heteroatoms. The number of fused-ring (bicyclic) bond motifs is 1. The maximum absolute atomic E-state index is 5.75. The van der Waals surface area contributed by atoms with E-state index < -0.39 is 0 Å². The van der Waals surface area contributed by atoms with E-state index in [0.29, 0.717) is 5.11 Å². The summed E-state index contributed by atoms with van der Waals surface area (Å²) in [4.78, 5) is 5.34. The number of hydrogen-bond acceptors (Lipinski definition) is 2. The van der Waals surface area contributed by atoms with Crippen molar-refractivity contribution in [3.05, 3.63) is 30.0 Å². The summed E-state index contributed by atoms with van der Waals surface area (Å²) in [5, 5.41) is 1.67. The van der Waals surface area contributed by atoms with E-state index in [0.717, 1.165) is 37.2 Å². The highest BCUT2D eigenvalue weighted by atomic mass is 32.1. The summed E-state index contributed by atoms with van der Waals surface area (Å²) in [6.45, 7) is 3.87. The zero-order chi connectivity index (χ0) is 14.5. The average molecular weight is 291 g/mol. The van der Waals surface area contributed by atoms with E-state index in [-0.39, 0.29) is 0 Å². The maximum Gasteiger partial charge on any atom is 0.166 e. The second-order valence-corrected chi connectivity index (χ2v) is 5.22. The molecule has 2 aromatic rings. The van der Waals surface area contributed by atoms with Crippen molar-refractivity contribution in [3.63, 3.8) is 0 Å². The van der Waals surface area contributed by atoms with Crippen LogP contribution in [0.4, 0.5) is 0 Å². The Bertz CT molecular complexity index is 594. The molecule has 2 rings (SSSR count). The van der Waals surface area contributed by atoms with Crippen LogP contribution < -0.4 is 10.5 Å². The van der Waals surface area contributed by atoms with E-state index in [1.165, 1.54) is 10.9 Å². The third-order valence-corrected chi connectivity index (χ3v) is 3.69. The molecule has 1 aromatic carbocycles. The number of nitrogens with zero attached hydrogens (tertiary/aromatic N) is 1. The van der Waals surface area contributed by atoms with E-state index in [1.54, 1.807) is 7.11 Å². The Labute approximate surface area is 124 Å². The first-order valence-electron chi connectivity index (χ1n) is 6.84. The van der Waals surface area contributed by atoms with Crippen molar-refractivity contribution in [2.45, 2.75) is 19.8 Å². The number of H-pyrrole nitrogens is 1. The van der Waals surface area contributed by atoms with Crippen molar-refractivity contribution < 1.29 is 4.74 Å². The number of ether oxygens (including phenoxy) is 1. The molecule has 1 heterocycles. The van der Waals surface area contributed by atoms with Crippen LogP contribution in [0, 0.1) is 0 Å². The minimum absolute atomic E-state index is 0.476. The van der Waals surface area contributed by atoms with Gasteiger partial charge >= 0.3 is 0 Å². The lowest BCUT2D eigenvalue weighted by Gasteiger charge is -2.21. The zero-order valence-electron chi connectivity index (χ0n) is 12.0. The van der Waals surface area contributed by atoms with Crippen LogP contribution in [0.5, 0.6) is 5.75 Å². The van der Waals surface area contributed by atoms with Crippen LogP contribution in [0.25, 0.3) is 10.9 Å². The van der Waals surface area contributed by atoms with Gasteiger partial charge in [0.25, 0.3) is 0 Å². The van der Waals surface area contributed by atoms with E-state index >= 15 is 0 Å². The van der Waals surface area contributed by atoms with Gasteiger partial charge in [-0.05, 0) is 48.8 Å². The number of hydrogen-bond donors (Lipinski definition) is 2. The van der Waals surface area contributed by atoms with Gasteiger partial charge < -0.3 is 20.4 Å². The highest BCUT2D eigenvalue weighted by Crippen LogP contribution is 2.24. The van der Waals surface area contributed by atoms with Gasteiger partial charge in [-0.1, -0.05) is 6.92 Å². The maximum atomic E-state index is 5.75. The molecule has 0 unspecified atom stereocenters. The first-order chi connectivity index (χ1) is 9.65. The van der Waals surface area contributed by atoms with Gasteiger partial charge in [0.15, 0.2) is 5.11 Å². The first-order valence-corrected chi connectivity index (χ1v) is 7.25. The minimum Gasteiger partial charge on any atom is -0.497 e. The summed E-state index contributed by atoms with van der Waals surface area (Å²) in [7, 11) is 1.68. The molecule has 20 heavy (non-hydrogen) atoms. The average Bonchev–Trinajstić information content (AvgIpc) is 2.85. The fourth-order valence-electron chi connectivity index (χ4n) is 2.35. The lowest BCUT2D eigenvalue weighted by atomic mass is 10.1. The Morgan fingerprint density at radius 1 is 1.40 bits per heavy atom. The topological polar surface area (TPSA) is 54.3 Å². The number of thiocarbonyl (C=S) groups is 1. The lowest BCUT2D eigenvalue weighted by molar-refractivity contribution is 0.415. The Hall–Kier alpha value is -1.75. The van der Waals surface area contributed by atoms with E-state index in [1.807, 2.05) is 23.2 Å². The number of nitrogens with two attached hydrogens (primary N) is 1. The smallest absolute Gasteiger partial charge is 0.166 e. The summed E-state index contributed by atoms with van der Waals surface area (Å²) in [6, 6.07) is 6.06. The Morgan fingerprint density at radius 2 is 2.20 bits per heavy atom. The molecular weight excluding hydrogens is 270 g/mol. The van der Waals surface area contributed by atoms with Crippen LogP contribution in [0.15, 0.2) is 24.4 Å². The number of benzene rings is 1. The Morgan fingerprint density at radius 3 is 2.85 bits per heavy atom. The fourth-order valence-corrected chi connectivity index (χ4v) is 2.53. The summed E-state index contributed by atoms with van der Waals surface area (Å²) in [5.74, 6) is 0.873. The monoisotopic (exact) mass is 291 g/mol. The molecule has 0 aliphatic rings. The normalized spacial score (nSPS) is 10.7. The van der Waals surface area contributed by atoms with Crippen LogP contribution in [0.3, 0.4) is 0 Å². The first kappa shape index (κ1) is 14.7. The highest BCUT2D eigenvalue weighted by Gasteiger charge is 2.09. The van der Waals surface area contributed by atoms with Gasteiger partial charge in [-0.2, -0.15) is 0 Å². The summed E-state index contributed by atoms with van der Waals surface area (Å²) >= 11 is 5.09. The summed E-state index contributed by atoms with van der Waals surface area (Å²) in [5.41, 5.74) is 8.13. The van der Waals surface area contributed by atoms with Crippen molar-refractivity contribution in [2.75, 3.05) is 20.2 Å². The molecular formula is C15H21N3OS. The second-order valence-electron chi connectivity index (χ2n) is 4.80. The molecule has 4 nitrogen and oxygen atoms in total. The molecule has 0 radical (unpaired) electrons. The molecule has 0 saturated heterocycles. The van der Waals surface area contributed by atoms with Gasteiger partial charge in [0.1, 0.15) is 5.75 Å². The molecule has 1 aromatic heterocycles. The van der Waals surface area contributed by atoms with Crippen LogP contribution in [0.2, 0.25) is 0 Å². The van der Waals surface area contributed by atoms with E-state index in [9.17, 15) is 0 Å². The van der Waals surface area contributed by atoms with Crippen LogP contribution in [-0.2, 0) is 6.42 Å². The molecule has 108 valence electrons. The molecule has 0 amide bonds. The third-order valence-electron chi connectivity index (χ3n) is 3.43. The van der Waals surface area contributed by atoms with Crippen molar-refractivity contribution in [2.24, 2.45) is 5.73 Å². The van der Waals surface area contributed by atoms with Crippen LogP contribution in [-0.4, -0.2) is 35.2 Å². The SMILES string of the molecule is CCCN(CCc1c[nH]c2ccc(OC)cc12)C(N)=S. The predicted octanol–water partition coefficient (Wildman–Crippen LogP) is 2.67. The number of aromatic nitrogens is 1. The van der Waals surface area contributed by atoms with E-state index in [2.05, 4.69) is 18.0 Å². The van der Waals surface area contributed by atoms with Gasteiger partial charge in [-0.3, -0.25) is 0 Å². The van der Waals surface area contributed by atoms with Crippen molar-refractivity contribution in [3.8, 4) is 5.75 Å². The Kier molecular flexibility index (Phi) is 4.84. The summed E-state index contributed by atoms with van der Waals surface area (Å²) < 4.78 is 5.28. The number of nitrogens with one attached hydrogen (secondary N) is 1. The molecule has 0 aliphatic carbocycles. The quantitative estimate of drug-likeness (QED) is 0.804. The van der Waals surface area contributed by atoms with Crippen LogP contribution in [0.1, 0.15) is 18.9 Å². The largest absolute Gasteiger partial charge is 0.497 e. The zero-order valence-corrected chi connectivity index (χ0v) is 12.8. The van der Waals surface area contributed by atoms with Gasteiger partial charge in [0.05, 0.1) is 7.11 Å². The fraction of sp³-hybridized carbons (Fsp3) is 0.400. The van der Waals surface area contributed by atoms with Gasteiger partial charge in [0.2, 0.25) is 0 Å². The minimum atomic E-state index is 0.476. The van der Waals surface area contributed by atoms with Crippen molar-refractivity contribution in [1.29, 1.82) is 0 Å². The molecule has 3 N–H and O–H groups in total. The van der Waals surface area contributed by atoms with E-state index in [4.69, 9.17) is 22.7 Å². The van der Waals surface area contributed by atoms with Crippen molar-refractivity contribution in [1.82, 2.24) is 9.88 Å². The second kappa shape index (κ2) is 6.61. The molecule has 0 spiro atoms. The number of methoxy groups -OCH3 is 1. The molecule has 0 aliphatic heterocycles. The number of aromatic amines is 1. The van der Waals surface area contributed by atoms with Gasteiger partial charge in [-0.15, -0.1) is 0 Å². The molecule has 0 saturated carbocycles.